The topological polar surface area (TPSA) is 98.6 Å². The molecule has 0 saturated carbocycles. The van der Waals surface area contributed by atoms with Crippen LogP contribution in [0.5, 0.6) is 0 Å². The number of hydrogen-bond acceptors (Lipinski definition) is 5. The fraction of sp³-hybridized carbons (Fsp3) is 0.562. The van der Waals surface area contributed by atoms with Gasteiger partial charge in [-0.3, -0.25) is 25.2 Å². The molecule has 1 heterocycles. The number of nitro benzene ring substituents is 1. The summed E-state index contributed by atoms with van der Waals surface area (Å²) in [4.78, 5) is 27.1. The first-order valence-corrected chi connectivity index (χ1v) is 9.74. The number of aliphatic imine (C=N–C) groups is 1. The van der Waals surface area contributed by atoms with Crippen LogP contribution in [0.25, 0.3) is 0 Å². The van der Waals surface area contributed by atoms with Crippen molar-refractivity contribution in [2.75, 3.05) is 12.3 Å². The Morgan fingerprint density at radius 2 is 2.08 bits per heavy atom. The van der Waals surface area contributed by atoms with Gasteiger partial charge in [0.15, 0.2) is 0 Å². The minimum atomic E-state index is -0.779. The lowest BCUT2D eigenvalue weighted by atomic mass is 10.1. The first-order valence-electron chi connectivity index (χ1n) is 8.21. The Morgan fingerprint density at radius 3 is 2.75 bits per heavy atom. The Bertz CT molecular complexity index is 636. The zero-order chi connectivity index (χ0) is 17.5. The molecule has 0 spiro atoms. The second-order valence-electron chi connectivity index (χ2n) is 5.87. The molecule has 0 saturated heterocycles. The lowest BCUT2D eigenvalue weighted by Gasteiger charge is -2.19. The highest BCUT2D eigenvalue weighted by Gasteiger charge is 2.28. The van der Waals surface area contributed by atoms with Crippen LogP contribution in [-0.4, -0.2) is 33.2 Å². The molecule has 132 valence electrons. The van der Waals surface area contributed by atoms with Crippen molar-refractivity contribution in [1.82, 2.24) is 0 Å². The first-order chi connectivity index (χ1) is 11.5. The predicted octanol–water partition coefficient (Wildman–Crippen LogP) is 3.98. The number of thiol groups is 1. The minimum absolute atomic E-state index is 0.0648. The third-order valence-corrected chi connectivity index (χ3v) is 6.63. The smallest absolute Gasteiger partial charge is 0.270 e. The Kier molecular flexibility index (Phi) is 6.72. The monoisotopic (exact) mass is 353 g/mol. The van der Waals surface area contributed by atoms with Gasteiger partial charge in [-0.15, -0.1) is 0 Å². The molecular weight excluding hydrogens is 330 g/mol. The van der Waals surface area contributed by atoms with E-state index in [-0.39, 0.29) is 10.6 Å². The maximum absolute atomic E-state index is 11.3. The number of benzene rings is 1. The number of hydrogen-bond donors (Lipinski definition) is 1. The van der Waals surface area contributed by atoms with Gasteiger partial charge in [0.2, 0.25) is 6.04 Å². The highest BCUT2D eigenvalue weighted by molar-refractivity contribution is 8.30. The summed E-state index contributed by atoms with van der Waals surface area (Å²) in [5.41, 5.74) is 0.0648. The molecule has 24 heavy (non-hydrogen) atoms. The summed E-state index contributed by atoms with van der Waals surface area (Å²) in [5, 5.41) is 23.2. The van der Waals surface area contributed by atoms with Crippen LogP contribution in [-0.2, 0) is 0 Å². The van der Waals surface area contributed by atoms with Crippen LogP contribution >= 0.6 is 10.9 Å². The highest BCUT2D eigenvalue weighted by atomic mass is 32.2. The van der Waals surface area contributed by atoms with E-state index in [4.69, 9.17) is 0 Å². The Labute approximate surface area is 143 Å². The molecule has 1 aromatic rings. The predicted molar refractivity (Wildman–Crippen MR) is 97.1 cm³/mol. The van der Waals surface area contributed by atoms with E-state index in [1.807, 2.05) is 6.07 Å². The second-order valence-corrected chi connectivity index (χ2v) is 8.20. The molecule has 0 bridgehead atoms. The summed E-state index contributed by atoms with van der Waals surface area (Å²) in [6, 6.07) is 6.01. The van der Waals surface area contributed by atoms with Crippen LogP contribution in [0, 0.1) is 20.2 Å². The van der Waals surface area contributed by atoms with Crippen molar-refractivity contribution in [1.29, 1.82) is 0 Å². The summed E-state index contributed by atoms with van der Waals surface area (Å²) >= 11 is 0. The van der Waals surface area contributed by atoms with Gasteiger partial charge in [0.05, 0.1) is 16.4 Å². The third kappa shape index (κ3) is 4.77. The molecule has 2 atom stereocenters. The molecule has 0 amide bonds. The van der Waals surface area contributed by atoms with Crippen molar-refractivity contribution >= 4 is 21.6 Å². The van der Waals surface area contributed by atoms with Crippen LogP contribution in [0.2, 0.25) is 0 Å². The number of nitrogens with zero attached hydrogens (tertiary/aromatic N) is 3. The van der Waals surface area contributed by atoms with Crippen LogP contribution in [0.4, 0.5) is 5.69 Å². The maximum Gasteiger partial charge on any atom is 0.270 e. The molecule has 0 fully saturated rings. The lowest BCUT2D eigenvalue weighted by molar-refractivity contribution is -0.521. The normalized spacial score (nSPS) is 19.7. The van der Waals surface area contributed by atoms with Gasteiger partial charge in [-0.1, -0.05) is 25.8 Å². The molecule has 1 aliphatic rings. The van der Waals surface area contributed by atoms with Crippen molar-refractivity contribution < 1.29 is 9.85 Å². The van der Waals surface area contributed by atoms with Crippen molar-refractivity contribution in [3.05, 3.63) is 44.5 Å². The molecular formula is C16H23N3O4S. The molecule has 0 N–H and O–H groups in total. The van der Waals surface area contributed by atoms with Crippen LogP contribution in [0.15, 0.2) is 34.2 Å². The SMILES string of the molecule is CCCCCC(CC1=NCC[SH]1c1cccc([N+](=O)[O-])c1)[N+](=O)[O-]. The number of unbranched alkanes of at least 4 members (excludes halogenated alkanes) is 2. The number of non-ortho nitro benzene ring substituents is 1. The van der Waals surface area contributed by atoms with Crippen LogP contribution in [0.3, 0.4) is 0 Å². The Balaban J connectivity index is 2.10. The Hall–Kier alpha value is -1.96. The maximum atomic E-state index is 11.3. The number of nitro groups is 2. The zero-order valence-electron chi connectivity index (χ0n) is 13.8. The third-order valence-electron chi connectivity index (χ3n) is 4.14. The summed E-state index contributed by atoms with van der Waals surface area (Å²) in [6.07, 6.45) is 3.81. The molecule has 7 nitrogen and oxygen atoms in total. The van der Waals surface area contributed by atoms with Crippen molar-refractivity contribution in [3.8, 4) is 0 Å². The number of rotatable bonds is 9. The molecule has 0 radical (unpaired) electrons. The van der Waals surface area contributed by atoms with Gasteiger partial charge < -0.3 is 0 Å². The average Bonchev–Trinajstić information content (AvgIpc) is 3.02. The molecule has 2 unspecified atom stereocenters. The minimum Gasteiger partial charge on any atom is -0.283 e. The van der Waals surface area contributed by atoms with Crippen LogP contribution in [0.1, 0.15) is 39.0 Å². The van der Waals surface area contributed by atoms with Gasteiger partial charge in [-0.25, -0.2) is 0 Å². The van der Waals surface area contributed by atoms with Gasteiger partial charge >= 0.3 is 0 Å². The first kappa shape index (κ1) is 18.4. The zero-order valence-corrected chi connectivity index (χ0v) is 14.7. The fourth-order valence-corrected chi connectivity index (χ4v) is 5.21. The average molecular weight is 353 g/mol. The summed E-state index contributed by atoms with van der Waals surface area (Å²) < 4.78 is 0. The van der Waals surface area contributed by atoms with Crippen LogP contribution < -0.4 is 0 Å². The van der Waals surface area contributed by atoms with Gasteiger partial charge in [0.1, 0.15) is 0 Å². The molecule has 1 aromatic carbocycles. The molecule has 8 heteroatoms. The van der Waals surface area contributed by atoms with E-state index in [0.717, 1.165) is 35.0 Å². The fourth-order valence-electron chi connectivity index (χ4n) is 2.84. The van der Waals surface area contributed by atoms with E-state index in [9.17, 15) is 20.2 Å². The van der Waals surface area contributed by atoms with E-state index in [1.165, 1.54) is 6.07 Å². The van der Waals surface area contributed by atoms with Gasteiger partial charge in [-0.2, -0.15) is 10.9 Å². The van der Waals surface area contributed by atoms with Gasteiger partial charge in [-0.05, 0) is 17.4 Å². The van der Waals surface area contributed by atoms with Crippen molar-refractivity contribution in [3.63, 3.8) is 0 Å². The summed E-state index contributed by atoms with van der Waals surface area (Å²) in [6.45, 7) is 2.73. The molecule has 1 aliphatic heterocycles. The van der Waals surface area contributed by atoms with E-state index < -0.39 is 21.9 Å². The van der Waals surface area contributed by atoms with E-state index >= 15 is 0 Å². The second kappa shape index (κ2) is 8.77. The van der Waals surface area contributed by atoms with E-state index in [2.05, 4.69) is 11.9 Å². The van der Waals surface area contributed by atoms with Gasteiger partial charge in [0.25, 0.3) is 5.69 Å². The lowest BCUT2D eigenvalue weighted by Crippen LogP contribution is -2.22. The molecule has 0 aliphatic carbocycles. The quantitative estimate of drug-likeness (QED) is 0.314. The van der Waals surface area contributed by atoms with E-state index in [1.54, 1.807) is 12.1 Å². The Morgan fingerprint density at radius 1 is 1.29 bits per heavy atom. The largest absolute Gasteiger partial charge is 0.283 e. The van der Waals surface area contributed by atoms with E-state index in [0.29, 0.717) is 19.4 Å². The van der Waals surface area contributed by atoms with Crippen molar-refractivity contribution in [2.45, 2.75) is 50.0 Å². The summed E-state index contributed by atoms with van der Waals surface area (Å²) in [5.74, 6) is 0.825. The van der Waals surface area contributed by atoms with Gasteiger partial charge in [0, 0.05) is 35.8 Å². The molecule has 2 rings (SSSR count). The standard InChI is InChI=1S/C16H23N3O4S/c1-2-3-4-6-14(19(22)23)12-16-17-9-10-24(16)15-8-5-7-13(11-15)18(20)21/h5,7-8,11,14,24H,2-4,6,9-10,12H2,1H3. The summed E-state index contributed by atoms with van der Waals surface area (Å²) in [7, 11) is -0.779. The van der Waals surface area contributed by atoms with Crippen molar-refractivity contribution in [2.24, 2.45) is 4.99 Å². The highest BCUT2D eigenvalue weighted by Crippen LogP contribution is 2.43. The molecule has 0 aromatic heterocycles.